The van der Waals surface area contributed by atoms with Crippen LogP contribution in [-0.2, 0) is 25.7 Å². The van der Waals surface area contributed by atoms with Gasteiger partial charge in [-0.3, -0.25) is 0 Å². The summed E-state index contributed by atoms with van der Waals surface area (Å²) in [5, 5.41) is 9.70. The Kier molecular flexibility index (Phi) is 4.40. The van der Waals surface area contributed by atoms with Crippen LogP contribution in [0.2, 0.25) is 0 Å². The van der Waals surface area contributed by atoms with E-state index >= 15 is 0 Å². The Balaban J connectivity index is 1.68. The van der Waals surface area contributed by atoms with Gasteiger partial charge in [0.15, 0.2) is 0 Å². The maximum absolute atomic E-state index is 9.70. The van der Waals surface area contributed by atoms with Gasteiger partial charge in [-0.05, 0) is 67.2 Å². The van der Waals surface area contributed by atoms with Crippen LogP contribution in [0.1, 0.15) is 34.2 Å². The van der Waals surface area contributed by atoms with Crippen LogP contribution in [0.5, 0.6) is 0 Å². The van der Waals surface area contributed by atoms with E-state index in [4.69, 9.17) is 0 Å². The Hall–Kier alpha value is -1.60. The van der Waals surface area contributed by atoms with E-state index in [0.717, 1.165) is 12.8 Å². The zero-order valence-corrected chi connectivity index (χ0v) is 12.8. The SMILES string of the molecule is Cc1ccc(CC(CO)Cc2ccc3c(c2)CCC3)cc1. The molecule has 3 rings (SSSR count). The summed E-state index contributed by atoms with van der Waals surface area (Å²) in [5.41, 5.74) is 7.04. The predicted octanol–water partition coefficient (Wildman–Crippen LogP) is 3.88. The summed E-state index contributed by atoms with van der Waals surface area (Å²) in [7, 11) is 0. The van der Waals surface area contributed by atoms with Gasteiger partial charge in [-0.25, -0.2) is 0 Å². The second-order valence-corrected chi connectivity index (χ2v) is 6.40. The number of hydrogen-bond donors (Lipinski definition) is 1. The quantitative estimate of drug-likeness (QED) is 0.881. The number of aliphatic hydroxyl groups excluding tert-OH is 1. The smallest absolute Gasteiger partial charge is 0.0465 e. The van der Waals surface area contributed by atoms with E-state index in [2.05, 4.69) is 49.4 Å². The van der Waals surface area contributed by atoms with E-state index in [-0.39, 0.29) is 6.61 Å². The van der Waals surface area contributed by atoms with Crippen molar-refractivity contribution in [1.29, 1.82) is 0 Å². The fourth-order valence-corrected chi connectivity index (χ4v) is 3.34. The van der Waals surface area contributed by atoms with Crippen molar-refractivity contribution in [2.75, 3.05) is 6.61 Å². The van der Waals surface area contributed by atoms with Crippen molar-refractivity contribution in [3.8, 4) is 0 Å². The zero-order valence-electron chi connectivity index (χ0n) is 12.8. The molecule has 1 aliphatic carbocycles. The lowest BCUT2D eigenvalue weighted by Gasteiger charge is -2.15. The molecule has 0 spiro atoms. The normalized spacial score (nSPS) is 15.0. The minimum Gasteiger partial charge on any atom is -0.396 e. The Morgan fingerprint density at radius 1 is 0.905 bits per heavy atom. The molecular weight excluding hydrogens is 256 g/mol. The molecule has 0 fully saturated rings. The van der Waals surface area contributed by atoms with E-state index in [0.29, 0.717) is 5.92 Å². The molecule has 0 bridgehead atoms. The summed E-state index contributed by atoms with van der Waals surface area (Å²) in [6.45, 7) is 2.36. The molecule has 0 radical (unpaired) electrons. The molecule has 0 saturated heterocycles. The molecule has 1 atom stereocenters. The average Bonchev–Trinajstić information content (AvgIpc) is 2.96. The van der Waals surface area contributed by atoms with Crippen molar-refractivity contribution in [3.63, 3.8) is 0 Å². The number of benzene rings is 2. The van der Waals surface area contributed by atoms with Gasteiger partial charge < -0.3 is 5.11 Å². The molecule has 1 heteroatoms. The van der Waals surface area contributed by atoms with E-state index in [9.17, 15) is 5.11 Å². The van der Waals surface area contributed by atoms with Gasteiger partial charge in [-0.1, -0.05) is 48.0 Å². The van der Waals surface area contributed by atoms with Crippen LogP contribution in [0.25, 0.3) is 0 Å². The molecule has 0 aliphatic heterocycles. The van der Waals surface area contributed by atoms with Gasteiger partial charge in [0.05, 0.1) is 0 Å². The van der Waals surface area contributed by atoms with Crippen LogP contribution in [0, 0.1) is 12.8 Å². The molecule has 0 heterocycles. The van der Waals surface area contributed by atoms with Crippen molar-refractivity contribution in [3.05, 3.63) is 70.3 Å². The van der Waals surface area contributed by atoms with Gasteiger partial charge in [0, 0.05) is 6.61 Å². The highest BCUT2D eigenvalue weighted by atomic mass is 16.3. The molecule has 1 aliphatic rings. The maximum Gasteiger partial charge on any atom is 0.0465 e. The number of aliphatic hydroxyl groups is 1. The second-order valence-electron chi connectivity index (χ2n) is 6.40. The molecule has 1 nitrogen and oxygen atoms in total. The van der Waals surface area contributed by atoms with Crippen LogP contribution in [0.4, 0.5) is 0 Å². The van der Waals surface area contributed by atoms with Gasteiger partial charge in [0.1, 0.15) is 0 Å². The third-order valence-corrected chi connectivity index (χ3v) is 4.59. The summed E-state index contributed by atoms with van der Waals surface area (Å²) in [6.07, 6.45) is 5.68. The molecule has 2 aromatic carbocycles. The van der Waals surface area contributed by atoms with Crippen molar-refractivity contribution in [2.45, 2.75) is 39.0 Å². The minimum atomic E-state index is 0.255. The Labute approximate surface area is 127 Å². The lowest BCUT2D eigenvalue weighted by atomic mass is 9.92. The molecule has 0 amide bonds. The van der Waals surface area contributed by atoms with Crippen LogP contribution in [-0.4, -0.2) is 11.7 Å². The largest absolute Gasteiger partial charge is 0.396 e. The third-order valence-electron chi connectivity index (χ3n) is 4.59. The number of fused-ring (bicyclic) bond motifs is 1. The summed E-state index contributed by atoms with van der Waals surface area (Å²) in [4.78, 5) is 0. The summed E-state index contributed by atoms with van der Waals surface area (Å²) in [6, 6.07) is 15.6. The topological polar surface area (TPSA) is 20.2 Å². The summed E-state index contributed by atoms with van der Waals surface area (Å²) in [5.74, 6) is 0.312. The van der Waals surface area contributed by atoms with E-state index in [1.54, 1.807) is 0 Å². The highest BCUT2D eigenvalue weighted by Gasteiger charge is 2.14. The zero-order chi connectivity index (χ0) is 14.7. The molecular formula is C20H24O. The highest BCUT2D eigenvalue weighted by Crippen LogP contribution is 2.24. The molecule has 0 aromatic heterocycles. The Morgan fingerprint density at radius 2 is 1.57 bits per heavy atom. The van der Waals surface area contributed by atoms with Crippen LogP contribution >= 0.6 is 0 Å². The number of aryl methyl sites for hydroxylation is 3. The van der Waals surface area contributed by atoms with Gasteiger partial charge in [-0.2, -0.15) is 0 Å². The van der Waals surface area contributed by atoms with E-state index < -0.39 is 0 Å². The standard InChI is InChI=1S/C20H24O/c1-15-5-7-16(8-6-15)11-18(14-21)12-17-9-10-19-3-2-4-20(19)13-17/h5-10,13,18,21H,2-4,11-12,14H2,1H3. The summed E-state index contributed by atoms with van der Waals surface area (Å²) < 4.78 is 0. The number of rotatable bonds is 5. The van der Waals surface area contributed by atoms with Crippen LogP contribution < -0.4 is 0 Å². The lowest BCUT2D eigenvalue weighted by Crippen LogP contribution is -2.13. The fourth-order valence-electron chi connectivity index (χ4n) is 3.34. The fraction of sp³-hybridized carbons (Fsp3) is 0.400. The summed E-state index contributed by atoms with van der Waals surface area (Å²) >= 11 is 0. The van der Waals surface area contributed by atoms with Crippen molar-refractivity contribution in [1.82, 2.24) is 0 Å². The lowest BCUT2D eigenvalue weighted by molar-refractivity contribution is 0.225. The molecule has 1 unspecified atom stereocenters. The first kappa shape index (κ1) is 14.3. The van der Waals surface area contributed by atoms with Crippen molar-refractivity contribution < 1.29 is 5.11 Å². The first-order chi connectivity index (χ1) is 10.2. The maximum atomic E-state index is 9.70. The monoisotopic (exact) mass is 280 g/mol. The van der Waals surface area contributed by atoms with Crippen molar-refractivity contribution in [2.24, 2.45) is 5.92 Å². The molecule has 21 heavy (non-hydrogen) atoms. The van der Waals surface area contributed by atoms with Gasteiger partial charge >= 0.3 is 0 Å². The van der Waals surface area contributed by atoms with Crippen LogP contribution in [0.3, 0.4) is 0 Å². The van der Waals surface area contributed by atoms with E-state index in [1.807, 2.05) is 0 Å². The molecule has 1 N–H and O–H groups in total. The Bertz CT molecular complexity index is 598. The third kappa shape index (κ3) is 3.54. The number of hydrogen-bond acceptors (Lipinski definition) is 1. The first-order valence-electron chi connectivity index (χ1n) is 8.01. The molecule has 0 saturated carbocycles. The first-order valence-corrected chi connectivity index (χ1v) is 8.01. The highest BCUT2D eigenvalue weighted by molar-refractivity contribution is 5.35. The van der Waals surface area contributed by atoms with Gasteiger partial charge in [-0.15, -0.1) is 0 Å². The van der Waals surface area contributed by atoms with E-state index in [1.165, 1.54) is 47.1 Å². The second kappa shape index (κ2) is 6.44. The van der Waals surface area contributed by atoms with Crippen LogP contribution in [0.15, 0.2) is 42.5 Å². The predicted molar refractivity (Wildman–Crippen MR) is 87.6 cm³/mol. The van der Waals surface area contributed by atoms with Crippen molar-refractivity contribution >= 4 is 0 Å². The molecule has 110 valence electrons. The average molecular weight is 280 g/mol. The molecule has 2 aromatic rings. The minimum absolute atomic E-state index is 0.255. The van der Waals surface area contributed by atoms with Gasteiger partial charge in [0.2, 0.25) is 0 Å². The van der Waals surface area contributed by atoms with Gasteiger partial charge in [0.25, 0.3) is 0 Å². The Morgan fingerprint density at radius 3 is 2.33 bits per heavy atom.